The summed E-state index contributed by atoms with van der Waals surface area (Å²) < 4.78 is 9.98. The van der Waals surface area contributed by atoms with Crippen molar-refractivity contribution in [3.8, 4) is 0 Å². The molecule has 0 unspecified atom stereocenters. The van der Waals surface area contributed by atoms with Gasteiger partial charge >= 0.3 is 0 Å². The zero-order valence-electron chi connectivity index (χ0n) is 12.6. The average Bonchev–Trinajstić information content (AvgIpc) is 2.98. The Morgan fingerprint density at radius 1 is 1.14 bits per heavy atom. The number of aromatic nitrogens is 4. The molecule has 8 nitrogen and oxygen atoms in total. The van der Waals surface area contributed by atoms with Crippen molar-refractivity contribution in [2.24, 2.45) is 0 Å². The molecule has 0 aliphatic carbocycles. The Balaban J connectivity index is 1.76. The van der Waals surface area contributed by atoms with Crippen LogP contribution in [0.4, 0.5) is 0 Å². The van der Waals surface area contributed by atoms with Crippen LogP contribution in [0.5, 0.6) is 0 Å². The lowest BCUT2D eigenvalue weighted by Gasteiger charge is -2.10. The topological polar surface area (TPSA) is 107 Å². The quantitative estimate of drug-likeness (QED) is 0.874. The molecule has 1 amide bonds. The van der Waals surface area contributed by atoms with Crippen molar-refractivity contribution in [3.05, 3.63) is 23.4 Å². The molecule has 2 aromatic heterocycles. The lowest BCUT2D eigenvalue weighted by molar-refractivity contribution is -0.120. The second-order valence-corrected chi connectivity index (χ2v) is 5.77. The van der Waals surface area contributed by atoms with Crippen molar-refractivity contribution in [2.45, 2.75) is 46.0 Å². The fourth-order valence-electron chi connectivity index (χ4n) is 1.59. The first-order valence-corrected chi connectivity index (χ1v) is 6.73. The highest BCUT2D eigenvalue weighted by Crippen LogP contribution is 2.19. The summed E-state index contributed by atoms with van der Waals surface area (Å²) in [5, 5.41) is 10.3. The number of aryl methyl sites for hydroxylation is 1. The minimum Gasteiger partial charge on any atom is -0.355 e. The minimum absolute atomic E-state index is 0.0941. The molecule has 114 valence electrons. The van der Waals surface area contributed by atoms with Gasteiger partial charge in [-0.2, -0.15) is 9.97 Å². The van der Waals surface area contributed by atoms with Gasteiger partial charge < -0.3 is 14.4 Å². The highest BCUT2D eigenvalue weighted by atomic mass is 16.5. The maximum absolute atomic E-state index is 11.7. The van der Waals surface area contributed by atoms with Crippen molar-refractivity contribution < 1.29 is 13.8 Å². The molecule has 1 N–H and O–H groups in total. The predicted octanol–water partition coefficient (Wildman–Crippen LogP) is 0.960. The third-order valence-electron chi connectivity index (χ3n) is 2.67. The summed E-state index contributed by atoms with van der Waals surface area (Å²) in [6.07, 6.45) is 0.605. The van der Waals surface area contributed by atoms with E-state index in [9.17, 15) is 4.79 Å². The van der Waals surface area contributed by atoms with Gasteiger partial charge in [0.15, 0.2) is 11.6 Å². The minimum atomic E-state index is -0.176. The third-order valence-corrected chi connectivity index (χ3v) is 2.67. The van der Waals surface area contributed by atoms with E-state index in [0.717, 1.165) is 0 Å². The molecule has 0 saturated heterocycles. The summed E-state index contributed by atoms with van der Waals surface area (Å²) in [5.74, 6) is 1.82. The van der Waals surface area contributed by atoms with Gasteiger partial charge in [0.1, 0.15) is 0 Å². The standard InChI is InChI=1S/C13H19N5O3/c1-8-15-10(18-20-8)7-11(19)14-6-5-9-16-12(21-17-9)13(2,3)4/h5-7H2,1-4H3,(H,14,19). The van der Waals surface area contributed by atoms with Crippen LogP contribution in [0.3, 0.4) is 0 Å². The monoisotopic (exact) mass is 293 g/mol. The van der Waals surface area contributed by atoms with Crippen LogP contribution in [0.1, 0.15) is 44.2 Å². The number of nitrogens with zero attached hydrogens (tertiary/aromatic N) is 4. The maximum atomic E-state index is 11.7. The van der Waals surface area contributed by atoms with Gasteiger partial charge in [-0.15, -0.1) is 0 Å². The average molecular weight is 293 g/mol. The van der Waals surface area contributed by atoms with Crippen LogP contribution in [0, 0.1) is 6.92 Å². The van der Waals surface area contributed by atoms with Crippen molar-refractivity contribution >= 4 is 5.91 Å². The summed E-state index contributed by atoms with van der Waals surface area (Å²) in [5.41, 5.74) is -0.176. The van der Waals surface area contributed by atoms with E-state index in [0.29, 0.717) is 36.4 Å². The first-order valence-electron chi connectivity index (χ1n) is 6.73. The van der Waals surface area contributed by atoms with Gasteiger partial charge in [-0.1, -0.05) is 31.1 Å². The molecule has 0 atom stereocenters. The molecule has 2 heterocycles. The van der Waals surface area contributed by atoms with Gasteiger partial charge in [-0.25, -0.2) is 0 Å². The summed E-state index contributed by atoms with van der Waals surface area (Å²) in [7, 11) is 0. The number of carbonyl (C=O) groups is 1. The molecule has 0 fully saturated rings. The molecular weight excluding hydrogens is 274 g/mol. The van der Waals surface area contributed by atoms with E-state index in [2.05, 4.69) is 25.6 Å². The van der Waals surface area contributed by atoms with E-state index >= 15 is 0 Å². The Morgan fingerprint density at radius 3 is 2.43 bits per heavy atom. The van der Waals surface area contributed by atoms with Crippen LogP contribution in [0.25, 0.3) is 0 Å². The van der Waals surface area contributed by atoms with Gasteiger partial charge in [0.05, 0.1) is 6.42 Å². The van der Waals surface area contributed by atoms with E-state index < -0.39 is 0 Å². The Kier molecular flexibility index (Phi) is 4.35. The maximum Gasteiger partial charge on any atom is 0.232 e. The van der Waals surface area contributed by atoms with E-state index in [-0.39, 0.29) is 17.7 Å². The Labute approximate surface area is 122 Å². The predicted molar refractivity (Wildman–Crippen MR) is 72.5 cm³/mol. The van der Waals surface area contributed by atoms with E-state index in [1.54, 1.807) is 6.92 Å². The van der Waals surface area contributed by atoms with Gasteiger partial charge in [-0.05, 0) is 0 Å². The van der Waals surface area contributed by atoms with Crippen molar-refractivity contribution in [2.75, 3.05) is 6.54 Å². The molecule has 0 spiro atoms. The van der Waals surface area contributed by atoms with Gasteiger partial charge in [-0.3, -0.25) is 4.79 Å². The lowest BCUT2D eigenvalue weighted by atomic mass is 9.97. The number of hydrogen-bond acceptors (Lipinski definition) is 7. The molecule has 0 bridgehead atoms. The van der Waals surface area contributed by atoms with Crippen molar-refractivity contribution in [3.63, 3.8) is 0 Å². The van der Waals surface area contributed by atoms with E-state index in [1.165, 1.54) is 0 Å². The molecule has 21 heavy (non-hydrogen) atoms. The number of nitrogens with one attached hydrogen (secondary N) is 1. The first kappa shape index (κ1) is 15.1. The summed E-state index contributed by atoms with van der Waals surface area (Å²) >= 11 is 0. The molecule has 0 saturated carbocycles. The zero-order valence-corrected chi connectivity index (χ0v) is 12.6. The lowest BCUT2D eigenvalue weighted by Crippen LogP contribution is -2.27. The Bertz CT molecular complexity index is 611. The first-order chi connectivity index (χ1) is 9.84. The molecule has 2 aromatic rings. The number of rotatable bonds is 5. The van der Waals surface area contributed by atoms with Gasteiger partial charge in [0.2, 0.25) is 17.7 Å². The molecule has 8 heteroatoms. The SMILES string of the molecule is Cc1nc(CC(=O)NCCc2noc(C(C)(C)C)n2)no1. The zero-order chi connectivity index (χ0) is 15.5. The molecule has 0 aliphatic rings. The highest BCUT2D eigenvalue weighted by Gasteiger charge is 2.21. The molecule has 2 rings (SSSR count). The van der Waals surface area contributed by atoms with Crippen LogP contribution in [0.15, 0.2) is 9.05 Å². The normalized spacial score (nSPS) is 11.6. The van der Waals surface area contributed by atoms with Crippen LogP contribution < -0.4 is 5.32 Å². The summed E-state index contributed by atoms with van der Waals surface area (Å²) in [6, 6.07) is 0. The van der Waals surface area contributed by atoms with Crippen molar-refractivity contribution in [1.29, 1.82) is 0 Å². The molecule has 0 aromatic carbocycles. The van der Waals surface area contributed by atoms with Crippen LogP contribution in [-0.4, -0.2) is 32.7 Å². The third kappa shape index (κ3) is 4.37. The molecule has 0 radical (unpaired) electrons. The van der Waals surface area contributed by atoms with Gasteiger partial charge in [0.25, 0.3) is 0 Å². The van der Waals surface area contributed by atoms with E-state index in [4.69, 9.17) is 9.05 Å². The summed E-state index contributed by atoms with van der Waals surface area (Å²) in [6.45, 7) is 8.10. The summed E-state index contributed by atoms with van der Waals surface area (Å²) in [4.78, 5) is 19.9. The fraction of sp³-hybridized carbons (Fsp3) is 0.615. The number of carbonyl (C=O) groups excluding carboxylic acids is 1. The number of hydrogen-bond donors (Lipinski definition) is 1. The molecule has 0 aliphatic heterocycles. The number of amides is 1. The highest BCUT2D eigenvalue weighted by molar-refractivity contribution is 5.77. The van der Waals surface area contributed by atoms with Crippen LogP contribution >= 0.6 is 0 Å². The Hall–Kier alpha value is -2.25. The fourth-order valence-corrected chi connectivity index (χ4v) is 1.59. The van der Waals surface area contributed by atoms with Gasteiger partial charge in [0, 0.05) is 25.3 Å². The molecular formula is C13H19N5O3. The second-order valence-electron chi connectivity index (χ2n) is 5.77. The van der Waals surface area contributed by atoms with Crippen LogP contribution in [-0.2, 0) is 23.1 Å². The Morgan fingerprint density at radius 2 is 1.86 bits per heavy atom. The second kappa shape index (κ2) is 6.02. The van der Waals surface area contributed by atoms with Crippen molar-refractivity contribution in [1.82, 2.24) is 25.6 Å². The smallest absolute Gasteiger partial charge is 0.232 e. The van der Waals surface area contributed by atoms with E-state index in [1.807, 2.05) is 20.8 Å². The largest absolute Gasteiger partial charge is 0.355 e. The van der Waals surface area contributed by atoms with Crippen LogP contribution in [0.2, 0.25) is 0 Å².